The zero-order valence-corrected chi connectivity index (χ0v) is 33.1. The molecule has 1 N–H and O–H groups in total. The first-order valence-electron chi connectivity index (χ1n) is 21.1. The van der Waals surface area contributed by atoms with E-state index in [-0.39, 0.29) is 31.2 Å². The second-order valence-electron chi connectivity index (χ2n) is 14.1. The van der Waals surface area contributed by atoms with Gasteiger partial charge >= 0.3 is 11.9 Å². The van der Waals surface area contributed by atoms with Crippen molar-refractivity contribution in [1.82, 2.24) is 0 Å². The molecule has 0 unspecified atom stereocenters. The smallest absolute Gasteiger partial charge is 0.306 e. The van der Waals surface area contributed by atoms with Crippen LogP contribution >= 0.6 is 0 Å². The second kappa shape index (κ2) is 40.3. The monoisotopic (exact) mass is 715 g/mol. The van der Waals surface area contributed by atoms with Crippen LogP contribution in [-0.4, -0.2) is 42.1 Å². The van der Waals surface area contributed by atoms with E-state index in [9.17, 15) is 19.5 Å². The topological polar surface area (TPSA) is 89.9 Å². The molecule has 0 fully saturated rings. The number of rotatable bonds is 38. The lowest BCUT2D eigenvalue weighted by molar-refractivity contribution is -0.161. The van der Waals surface area contributed by atoms with Gasteiger partial charge in [0.05, 0.1) is 6.61 Å². The minimum absolute atomic E-state index is 0.0568. The zero-order valence-electron chi connectivity index (χ0n) is 33.1. The number of carbonyl (C=O) groups excluding carboxylic acids is 3. The molecule has 0 saturated carbocycles. The molecule has 0 aliphatic carbocycles. The fourth-order valence-electron chi connectivity index (χ4n) is 5.86. The van der Waals surface area contributed by atoms with Crippen molar-refractivity contribution in [3.8, 4) is 0 Å². The fraction of sp³-hybridized carbons (Fsp3) is 0.756. The largest absolute Gasteiger partial charge is 0.462 e. The molecule has 0 rings (SSSR count). The van der Waals surface area contributed by atoms with Crippen LogP contribution in [0.3, 0.4) is 0 Å². The Labute approximate surface area is 314 Å². The van der Waals surface area contributed by atoms with Gasteiger partial charge in [-0.1, -0.05) is 185 Å². The van der Waals surface area contributed by atoms with Crippen LogP contribution in [0.2, 0.25) is 0 Å². The maximum Gasteiger partial charge on any atom is 0.306 e. The minimum atomic E-state index is -0.886. The lowest BCUT2D eigenvalue weighted by Crippen LogP contribution is -2.28. The summed E-state index contributed by atoms with van der Waals surface area (Å²) in [5.41, 5.74) is 0. The van der Waals surface area contributed by atoms with Gasteiger partial charge in [0.25, 0.3) is 0 Å². The molecule has 0 saturated heterocycles. The molecule has 0 aromatic rings. The predicted molar refractivity (Wildman–Crippen MR) is 215 cm³/mol. The lowest BCUT2D eigenvalue weighted by atomic mass is 10.0. The molecule has 51 heavy (non-hydrogen) atoms. The molecular weight excluding hydrogens is 636 g/mol. The third kappa shape index (κ3) is 38.6. The number of unbranched alkanes of at least 4 members (excludes halogenated alkanes) is 21. The Bertz CT molecular complexity index is 918. The van der Waals surface area contributed by atoms with E-state index < -0.39 is 18.7 Å². The summed E-state index contributed by atoms with van der Waals surface area (Å²) in [5, 5.41) is 9.55. The highest BCUT2D eigenvalue weighted by atomic mass is 16.6. The highest BCUT2D eigenvalue weighted by Crippen LogP contribution is 2.15. The normalized spacial score (nSPS) is 12.5. The van der Waals surface area contributed by atoms with Gasteiger partial charge in [0, 0.05) is 19.3 Å². The Morgan fingerprint density at radius 3 is 1.53 bits per heavy atom. The third-order valence-electron chi connectivity index (χ3n) is 9.10. The first kappa shape index (κ1) is 48.5. The van der Waals surface area contributed by atoms with Gasteiger partial charge in [-0.15, -0.1) is 0 Å². The van der Waals surface area contributed by atoms with Gasteiger partial charge in [-0.25, -0.2) is 0 Å². The summed E-state index contributed by atoms with van der Waals surface area (Å²) in [4.78, 5) is 36.3. The maximum absolute atomic E-state index is 12.2. The summed E-state index contributed by atoms with van der Waals surface area (Å²) < 4.78 is 10.5. The Hall–Kier alpha value is -2.47. The number of aliphatic hydroxyl groups excluding tert-OH is 1. The van der Waals surface area contributed by atoms with Crippen LogP contribution in [0.15, 0.2) is 48.6 Å². The summed E-state index contributed by atoms with van der Waals surface area (Å²) in [6.45, 7) is 3.92. The highest BCUT2D eigenvalue weighted by Gasteiger charge is 2.16. The van der Waals surface area contributed by atoms with Crippen molar-refractivity contribution in [3.63, 3.8) is 0 Å². The minimum Gasteiger partial charge on any atom is -0.462 e. The molecular formula is C45H78O6. The van der Waals surface area contributed by atoms with Crippen molar-refractivity contribution in [2.24, 2.45) is 0 Å². The molecule has 0 aliphatic rings. The highest BCUT2D eigenvalue weighted by molar-refractivity contribution is 5.90. The summed E-state index contributed by atoms with van der Waals surface area (Å²) in [6, 6.07) is 0. The molecule has 0 aromatic heterocycles. The molecule has 6 heteroatoms. The third-order valence-corrected chi connectivity index (χ3v) is 9.10. The maximum atomic E-state index is 12.2. The van der Waals surface area contributed by atoms with Crippen molar-refractivity contribution in [1.29, 1.82) is 0 Å². The van der Waals surface area contributed by atoms with E-state index in [0.717, 1.165) is 38.5 Å². The second-order valence-corrected chi connectivity index (χ2v) is 14.1. The van der Waals surface area contributed by atoms with Crippen LogP contribution in [0, 0.1) is 0 Å². The molecule has 0 amide bonds. The molecule has 0 radical (unpaired) electrons. The summed E-state index contributed by atoms with van der Waals surface area (Å²) in [5.74, 6) is -0.897. The number of aliphatic hydroxyl groups is 1. The number of carbonyl (C=O) groups is 3. The van der Waals surface area contributed by atoms with Crippen LogP contribution in [0.25, 0.3) is 0 Å². The van der Waals surface area contributed by atoms with Gasteiger partial charge in [-0.05, 0) is 44.6 Å². The Morgan fingerprint density at radius 1 is 0.510 bits per heavy atom. The van der Waals surface area contributed by atoms with E-state index in [1.165, 1.54) is 128 Å². The van der Waals surface area contributed by atoms with Crippen molar-refractivity contribution >= 4 is 17.7 Å². The van der Waals surface area contributed by atoms with Crippen molar-refractivity contribution < 1.29 is 29.0 Å². The van der Waals surface area contributed by atoms with E-state index >= 15 is 0 Å². The predicted octanol–water partition coefficient (Wildman–Crippen LogP) is 12.6. The molecule has 0 aliphatic heterocycles. The quantitative estimate of drug-likeness (QED) is 0.0225. The van der Waals surface area contributed by atoms with Gasteiger partial charge in [0.2, 0.25) is 0 Å². The van der Waals surface area contributed by atoms with Gasteiger partial charge in [0.15, 0.2) is 11.9 Å². The van der Waals surface area contributed by atoms with Crippen LogP contribution in [-0.2, 0) is 23.9 Å². The molecule has 294 valence electrons. The van der Waals surface area contributed by atoms with Gasteiger partial charge in [-0.2, -0.15) is 0 Å². The standard InChI is InChI=1S/C45H78O6/c1-3-5-7-9-11-13-15-17-18-19-20-21-22-24-26-28-30-32-34-38-44(48)50-41-43(40-46)51-45(49)39-35-37-42(47)36-33-31-29-27-25-23-16-14-12-10-8-6-4-2/h12,14,23,25,29,31,33,36,43,46H,3-11,13,15-22,24,26-28,30,32,34-35,37-41H2,1-2H3/b14-12-,25-23-,31-29-,36-33+/t43-/m0/s1. The van der Waals surface area contributed by atoms with Crippen molar-refractivity contribution in [3.05, 3.63) is 48.6 Å². The number of hydrogen-bond donors (Lipinski definition) is 1. The van der Waals surface area contributed by atoms with Gasteiger partial charge < -0.3 is 14.6 Å². The van der Waals surface area contributed by atoms with Crippen molar-refractivity contribution in [2.75, 3.05) is 13.2 Å². The number of ketones is 1. The molecule has 0 heterocycles. The number of allylic oxidation sites excluding steroid dienone is 8. The van der Waals surface area contributed by atoms with E-state index in [1.54, 1.807) is 6.08 Å². The molecule has 1 atom stereocenters. The molecule has 0 bridgehead atoms. The van der Waals surface area contributed by atoms with E-state index in [4.69, 9.17) is 9.47 Å². The first-order chi connectivity index (χ1) is 25.0. The van der Waals surface area contributed by atoms with Crippen LogP contribution in [0.4, 0.5) is 0 Å². The fourth-order valence-corrected chi connectivity index (χ4v) is 5.86. The summed E-state index contributed by atoms with van der Waals surface area (Å²) in [7, 11) is 0. The van der Waals surface area contributed by atoms with Crippen LogP contribution in [0.1, 0.15) is 200 Å². The van der Waals surface area contributed by atoms with E-state index in [1.807, 2.05) is 12.2 Å². The number of ether oxygens (including phenoxy) is 2. The summed E-state index contributed by atoms with van der Waals surface area (Å²) >= 11 is 0. The average molecular weight is 715 g/mol. The summed E-state index contributed by atoms with van der Waals surface area (Å²) in [6.07, 6.45) is 47.4. The SMILES string of the molecule is CCCCC/C=C\C/C=C\C/C=C\C=C\C(=O)CCCC(=O)O[C@@H](CO)COC(=O)CCCCCCCCCCCCCCCCCCCCC. The Kier molecular flexibility index (Phi) is 38.4. The molecule has 6 nitrogen and oxygen atoms in total. The van der Waals surface area contributed by atoms with Crippen LogP contribution in [0.5, 0.6) is 0 Å². The van der Waals surface area contributed by atoms with Crippen LogP contribution < -0.4 is 0 Å². The first-order valence-corrected chi connectivity index (χ1v) is 21.1. The average Bonchev–Trinajstić information content (AvgIpc) is 3.12. The molecule has 0 spiro atoms. The zero-order chi connectivity index (χ0) is 37.3. The molecule has 0 aromatic carbocycles. The number of esters is 2. The lowest BCUT2D eigenvalue weighted by Gasteiger charge is -2.15. The van der Waals surface area contributed by atoms with Gasteiger partial charge in [0.1, 0.15) is 6.61 Å². The number of hydrogen-bond acceptors (Lipinski definition) is 6. The van der Waals surface area contributed by atoms with Crippen molar-refractivity contribution in [2.45, 2.75) is 206 Å². The van der Waals surface area contributed by atoms with Gasteiger partial charge in [-0.3, -0.25) is 14.4 Å². The van der Waals surface area contributed by atoms with E-state index in [2.05, 4.69) is 38.2 Å². The Morgan fingerprint density at radius 2 is 0.980 bits per heavy atom. The van der Waals surface area contributed by atoms with E-state index in [0.29, 0.717) is 12.8 Å². The Balaban J connectivity index is 3.70.